The molecule has 0 radical (unpaired) electrons. The van der Waals surface area contributed by atoms with Crippen LogP contribution in [-0.2, 0) is 0 Å². The Balaban J connectivity index is 3.09. The minimum atomic E-state index is -0.356. The number of nitriles is 1. The Morgan fingerprint density at radius 2 is 1.93 bits per heavy atom. The van der Waals surface area contributed by atoms with Crippen LogP contribution >= 0.6 is 0 Å². The average molecular weight is 192 g/mol. The quantitative estimate of drug-likeness (QED) is 0.735. The molecule has 0 spiro atoms. The van der Waals surface area contributed by atoms with Gasteiger partial charge in [-0.05, 0) is 32.0 Å². The fourth-order valence-corrected chi connectivity index (χ4v) is 1.41. The standard InChI is InChI=1S/C11H13FN2/c1-3-14(4-2)11-6-9(8-13)5-10(12)7-11/h5-7H,3-4H2,1-2H3. The van der Waals surface area contributed by atoms with Gasteiger partial charge in [-0.1, -0.05) is 0 Å². The Bertz CT molecular complexity index is 351. The van der Waals surface area contributed by atoms with Crippen molar-refractivity contribution in [3.8, 4) is 6.07 Å². The zero-order valence-corrected chi connectivity index (χ0v) is 8.42. The van der Waals surface area contributed by atoms with Crippen LogP contribution < -0.4 is 4.90 Å². The number of benzene rings is 1. The third-order valence-corrected chi connectivity index (χ3v) is 2.14. The van der Waals surface area contributed by atoms with Gasteiger partial charge in [0.05, 0.1) is 11.6 Å². The summed E-state index contributed by atoms with van der Waals surface area (Å²) in [6, 6.07) is 6.34. The highest BCUT2D eigenvalue weighted by molar-refractivity contribution is 5.51. The van der Waals surface area contributed by atoms with E-state index >= 15 is 0 Å². The molecule has 0 heterocycles. The maximum atomic E-state index is 13.1. The van der Waals surface area contributed by atoms with Crippen molar-refractivity contribution in [2.75, 3.05) is 18.0 Å². The molecule has 0 atom stereocenters. The van der Waals surface area contributed by atoms with Gasteiger partial charge in [-0.15, -0.1) is 0 Å². The molecule has 0 bridgehead atoms. The van der Waals surface area contributed by atoms with E-state index in [9.17, 15) is 4.39 Å². The fraction of sp³-hybridized carbons (Fsp3) is 0.364. The minimum Gasteiger partial charge on any atom is -0.372 e. The molecular weight excluding hydrogens is 179 g/mol. The third kappa shape index (κ3) is 2.23. The zero-order valence-electron chi connectivity index (χ0n) is 8.42. The maximum Gasteiger partial charge on any atom is 0.126 e. The van der Waals surface area contributed by atoms with Crippen molar-refractivity contribution in [3.05, 3.63) is 29.6 Å². The van der Waals surface area contributed by atoms with Crippen molar-refractivity contribution in [1.29, 1.82) is 5.26 Å². The molecule has 0 saturated heterocycles. The predicted molar refractivity (Wildman–Crippen MR) is 54.7 cm³/mol. The predicted octanol–water partition coefficient (Wildman–Crippen LogP) is 2.54. The van der Waals surface area contributed by atoms with E-state index in [0.29, 0.717) is 5.56 Å². The molecule has 0 unspecified atom stereocenters. The van der Waals surface area contributed by atoms with Gasteiger partial charge in [-0.2, -0.15) is 5.26 Å². The highest BCUT2D eigenvalue weighted by atomic mass is 19.1. The maximum absolute atomic E-state index is 13.1. The van der Waals surface area contributed by atoms with Crippen LogP contribution in [0.25, 0.3) is 0 Å². The van der Waals surface area contributed by atoms with Crippen molar-refractivity contribution in [2.24, 2.45) is 0 Å². The summed E-state index contributed by atoms with van der Waals surface area (Å²) in [5.74, 6) is -0.356. The third-order valence-electron chi connectivity index (χ3n) is 2.14. The summed E-state index contributed by atoms with van der Waals surface area (Å²) in [5.41, 5.74) is 1.14. The molecule has 0 aliphatic carbocycles. The van der Waals surface area contributed by atoms with Crippen molar-refractivity contribution in [2.45, 2.75) is 13.8 Å². The molecule has 0 saturated carbocycles. The van der Waals surface area contributed by atoms with Gasteiger partial charge in [0, 0.05) is 18.8 Å². The first kappa shape index (κ1) is 10.5. The van der Waals surface area contributed by atoms with Crippen molar-refractivity contribution in [1.82, 2.24) is 0 Å². The molecule has 1 aromatic rings. The van der Waals surface area contributed by atoms with E-state index in [1.807, 2.05) is 24.8 Å². The van der Waals surface area contributed by atoms with Crippen LogP contribution in [0.5, 0.6) is 0 Å². The molecule has 3 heteroatoms. The van der Waals surface area contributed by atoms with E-state index in [2.05, 4.69) is 0 Å². The summed E-state index contributed by atoms with van der Waals surface area (Å²) < 4.78 is 13.1. The lowest BCUT2D eigenvalue weighted by Gasteiger charge is -2.21. The number of nitrogens with zero attached hydrogens (tertiary/aromatic N) is 2. The van der Waals surface area contributed by atoms with Gasteiger partial charge in [0.1, 0.15) is 5.82 Å². The fourth-order valence-electron chi connectivity index (χ4n) is 1.41. The SMILES string of the molecule is CCN(CC)c1cc(F)cc(C#N)c1. The van der Waals surface area contributed by atoms with Gasteiger partial charge in [-0.3, -0.25) is 0 Å². The topological polar surface area (TPSA) is 27.0 Å². The van der Waals surface area contributed by atoms with Crippen LogP contribution in [0.15, 0.2) is 18.2 Å². The molecule has 0 aromatic heterocycles. The molecule has 0 fully saturated rings. The molecule has 74 valence electrons. The molecule has 0 N–H and O–H groups in total. The van der Waals surface area contributed by atoms with Crippen molar-refractivity contribution in [3.63, 3.8) is 0 Å². The van der Waals surface area contributed by atoms with E-state index in [4.69, 9.17) is 5.26 Å². The van der Waals surface area contributed by atoms with E-state index in [1.165, 1.54) is 12.1 Å². The van der Waals surface area contributed by atoms with Crippen LogP contribution in [0.3, 0.4) is 0 Å². The van der Waals surface area contributed by atoms with Gasteiger partial charge in [0.2, 0.25) is 0 Å². The highest BCUT2D eigenvalue weighted by Gasteiger charge is 2.05. The normalized spacial score (nSPS) is 9.57. The Labute approximate surface area is 83.6 Å². The molecule has 0 aliphatic rings. The molecule has 1 rings (SSSR count). The lowest BCUT2D eigenvalue weighted by molar-refractivity contribution is 0.626. The first-order valence-corrected chi connectivity index (χ1v) is 4.66. The lowest BCUT2D eigenvalue weighted by atomic mass is 10.2. The monoisotopic (exact) mass is 192 g/mol. The summed E-state index contributed by atoms with van der Waals surface area (Å²) in [4.78, 5) is 2.00. The van der Waals surface area contributed by atoms with Crippen LogP contribution in [-0.4, -0.2) is 13.1 Å². The second-order valence-electron chi connectivity index (χ2n) is 2.98. The first-order valence-electron chi connectivity index (χ1n) is 4.66. The zero-order chi connectivity index (χ0) is 10.6. The second kappa shape index (κ2) is 4.61. The van der Waals surface area contributed by atoms with Gasteiger partial charge < -0.3 is 4.90 Å². The Hall–Kier alpha value is -1.56. The lowest BCUT2D eigenvalue weighted by Crippen LogP contribution is -2.21. The van der Waals surface area contributed by atoms with Crippen LogP contribution in [0.1, 0.15) is 19.4 Å². The number of halogens is 1. The summed E-state index contributed by atoms with van der Waals surface area (Å²) in [6.07, 6.45) is 0. The van der Waals surface area contributed by atoms with E-state index in [0.717, 1.165) is 18.8 Å². The molecular formula is C11H13FN2. The van der Waals surface area contributed by atoms with Gasteiger partial charge in [0.15, 0.2) is 0 Å². The van der Waals surface area contributed by atoms with Crippen LogP contribution in [0, 0.1) is 17.1 Å². The average Bonchev–Trinajstić information content (AvgIpc) is 2.19. The van der Waals surface area contributed by atoms with E-state index in [1.54, 1.807) is 6.07 Å². The van der Waals surface area contributed by atoms with Crippen molar-refractivity contribution < 1.29 is 4.39 Å². The Morgan fingerprint density at radius 3 is 2.43 bits per heavy atom. The molecule has 1 aromatic carbocycles. The van der Waals surface area contributed by atoms with Gasteiger partial charge >= 0.3 is 0 Å². The Morgan fingerprint density at radius 1 is 1.29 bits per heavy atom. The van der Waals surface area contributed by atoms with Crippen LogP contribution in [0.2, 0.25) is 0 Å². The smallest absolute Gasteiger partial charge is 0.126 e. The summed E-state index contributed by atoms with van der Waals surface area (Å²) in [6.45, 7) is 5.62. The first-order chi connectivity index (χ1) is 6.71. The molecule has 0 amide bonds. The number of hydrogen-bond donors (Lipinski definition) is 0. The number of anilines is 1. The van der Waals surface area contributed by atoms with Gasteiger partial charge in [-0.25, -0.2) is 4.39 Å². The minimum absolute atomic E-state index is 0.356. The van der Waals surface area contributed by atoms with Gasteiger partial charge in [0.25, 0.3) is 0 Å². The van der Waals surface area contributed by atoms with E-state index in [-0.39, 0.29) is 5.82 Å². The summed E-state index contributed by atoms with van der Waals surface area (Å²) in [7, 11) is 0. The second-order valence-corrected chi connectivity index (χ2v) is 2.98. The van der Waals surface area contributed by atoms with E-state index < -0.39 is 0 Å². The molecule has 2 nitrogen and oxygen atoms in total. The highest BCUT2D eigenvalue weighted by Crippen LogP contribution is 2.17. The van der Waals surface area contributed by atoms with Crippen molar-refractivity contribution >= 4 is 5.69 Å². The molecule has 14 heavy (non-hydrogen) atoms. The number of rotatable bonds is 3. The van der Waals surface area contributed by atoms with Crippen LogP contribution in [0.4, 0.5) is 10.1 Å². The summed E-state index contributed by atoms with van der Waals surface area (Å²) in [5, 5.41) is 8.68. The molecule has 0 aliphatic heterocycles. The largest absolute Gasteiger partial charge is 0.372 e. The Kier molecular flexibility index (Phi) is 3.47. The number of hydrogen-bond acceptors (Lipinski definition) is 2. The summed E-state index contributed by atoms with van der Waals surface area (Å²) >= 11 is 0.